The minimum absolute atomic E-state index is 0.0889. The number of aromatic nitrogens is 1. The second-order valence-electron chi connectivity index (χ2n) is 6.65. The Kier molecular flexibility index (Phi) is 6.34. The number of carbonyl (C=O) groups is 1. The Morgan fingerprint density at radius 3 is 2.68 bits per heavy atom. The minimum atomic E-state index is -0.587. The summed E-state index contributed by atoms with van der Waals surface area (Å²) in [4.78, 5) is 32.1. The SMILES string of the molecule is CCOC(=O)C1=C(C)N=c2s/c(=C\c3cc(Br)c(O)c(Br)c3)c(=O)n2C1c1cccs1. The maximum absolute atomic E-state index is 13.4. The molecule has 1 unspecified atom stereocenters. The lowest BCUT2D eigenvalue weighted by atomic mass is 10.0. The van der Waals surface area contributed by atoms with Crippen LogP contribution in [-0.2, 0) is 9.53 Å². The van der Waals surface area contributed by atoms with E-state index in [0.29, 0.717) is 29.5 Å². The summed E-state index contributed by atoms with van der Waals surface area (Å²) >= 11 is 9.36. The normalized spacial score (nSPS) is 16.3. The van der Waals surface area contributed by atoms with E-state index in [1.165, 1.54) is 22.7 Å². The fourth-order valence-corrected chi connectivity index (χ4v) is 6.42. The molecule has 4 rings (SSSR count). The van der Waals surface area contributed by atoms with Crippen molar-refractivity contribution in [1.82, 2.24) is 4.57 Å². The molecular formula is C21H16Br2N2O4S2. The zero-order valence-corrected chi connectivity index (χ0v) is 21.2. The average molecular weight is 584 g/mol. The topological polar surface area (TPSA) is 80.9 Å². The highest BCUT2D eigenvalue weighted by Gasteiger charge is 2.33. The van der Waals surface area contributed by atoms with Gasteiger partial charge < -0.3 is 9.84 Å². The van der Waals surface area contributed by atoms with Crippen LogP contribution in [-0.4, -0.2) is 22.2 Å². The van der Waals surface area contributed by atoms with Crippen molar-refractivity contribution in [1.29, 1.82) is 0 Å². The van der Waals surface area contributed by atoms with Crippen LogP contribution < -0.4 is 14.9 Å². The van der Waals surface area contributed by atoms with Crippen molar-refractivity contribution in [2.24, 2.45) is 4.99 Å². The molecule has 1 aromatic carbocycles. The van der Waals surface area contributed by atoms with Gasteiger partial charge in [-0.25, -0.2) is 9.79 Å². The Morgan fingerprint density at radius 1 is 1.35 bits per heavy atom. The molecule has 0 radical (unpaired) electrons. The number of phenolic OH excluding ortho intramolecular Hbond substituents is 1. The highest BCUT2D eigenvalue weighted by molar-refractivity contribution is 9.11. The third kappa shape index (κ3) is 4.09. The first-order valence-corrected chi connectivity index (χ1v) is 12.5. The maximum atomic E-state index is 13.4. The molecule has 0 fully saturated rings. The number of nitrogens with zero attached hydrogens (tertiary/aromatic N) is 2. The molecule has 1 aliphatic rings. The van der Waals surface area contributed by atoms with Crippen LogP contribution in [0.15, 0.2) is 59.6 Å². The van der Waals surface area contributed by atoms with Gasteiger partial charge in [0.2, 0.25) is 0 Å². The van der Waals surface area contributed by atoms with Crippen LogP contribution in [0.3, 0.4) is 0 Å². The molecule has 0 saturated heterocycles. The quantitative estimate of drug-likeness (QED) is 0.469. The minimum Gasteiger partial charge on any atom is -0.506 e. The van der Waals surface area contributed by atoms with Gasteiger partial charge in [-0.1, -0.05) is 17.4 Å². The van der Waals surface area contributed by atoms with Crippen LogP contribution in [0.25, 0.3) is 6.08 Å². The number of thiazole rings is 1. The number of esters is 1. The van der Waals surface area contributed by atoms with Crippen molar-refractivity contribution in [3.8, 4) is 5.75 Å². The molecule has 10 heteroatoms. The Hall–Kier alpha value is -2.01. The van der Waals surface area contributed by atoms with Gasteiger partial charge in [0, 0.05) is 4.88 Å². The molecule has 0 amide bonds. The highest BCUT2D eigenvalue weighted by Crippen LogP contribution is 2.34. The van der Waals surface area contributed by atoms with Crippen LogP contribution in [0.2, 0.25) is 0 Å². The molecule has 0 spiro atoms. The second-order valence-corrected chi connectivity index (χ2v) is 10.3. The van der Waals surface area contributed by atoms with Crippen LogP contribution in [0.5, 0.6) is 5.75 Å². The van der Waals surface area contributed by atoms with Crippen LogP contribution >= 0.6 is 54.5 Å². The van der Waals surface area contributed by atoms with E-state index in [1.807, 2.05) is 17.5 Å². The van der Waals surface area contributed by atoms with E-state index < -0.39 is 12.0 Å². The number of phenols is 1. The number of allylic oxidation sites excluding steroid dienone is 1. The van der Waals surface area contributed by atoms with E-state index in [1.54, 1.807) is 36.6 Å². The fraction of sp³-hybridized carbons (Fsp3) is 0.190. The molecule has 160 valence electrons. The Morgan fingerprint density at radius 2 is 2.06 bits per heavy atom. The summed E-state index contributed by atoms with van der Waals surface area (Å²) in [5.41, 5.74) is 1.41. The number of halogens is 2. The van der Waals surface area contributed by atoms with Crippen LogP contribution in [0, 0.1) is 0 Å². The van der Waals surface area contributed by atoms with Crippen LogP contribution in [0.4, 0.5) is 0 Å². The second kappa shape index (κ2) is 8.85. The van der Waals surface area contributed by atoms with Crippen LogP contribution in [0.1, 0.15) is 30.3 Å². The van der Waals surface area contributed by atoms with Gasteiger partial charge in [-0.15, -0.1) is 11.3 Å². The van der Waals surface area contributed by atoms with Gasteiger partial charge in [0.1, 0.15) is 11.8 Å². The summed E-state index contributed by atoms with van der Waals surface area (Å²) in [6.07, 6.45) is 1.74. The summed E-state index contributed by atoms with van der Waals surface area (Å²) in [5, 5.41) is 11.9. The average Bonchev–Trinajstić information content (AvgIpc) is 3.34. The zero-order chi connectivity index (χ0) is 22.3. The molecule has 0 aliphatic carbocycles. The molecule has 0 bridgehead atoms. The third-order valence-electron chi connectivity index (χ3n) is 4.67. The number of aromatic hydroxyl groups is 1. The molecule has 3 aromatic rings. The number of thiophene rings is 1. The first kappa shape index (κ1) is 22.2. The number of hydrogen-bond donors (Lipinski definition) is 1. The largest absolute Gasteiger partial charge is 0.506 e. The Bertz CT molecular complexity index is 1360. The van der Waals surface area contributed by atoms with Crippen molar-refractivity contribution in [3.05, 3.63) is 80.0 Å². The van der Waals surface area contributed by atoms with Gasteiger partial charge in [-0.2, -0.15) is 0 Å². The summed E-state index contributed by atoms with van der Waals surface area (Å²) in [6.45, 7) is 3.75. The molecule has 6 nitrogen and oxygen atoms in total. The number of carbonyl (C=O) groups excluding carboxylic acids is 1. The standard InChI is InChI=1S/C21H16Br2N2O4S2/c1-3-29-20(28)16-10(2)24-21-25(17(16)14-5-4-6-30-14)19(27)15(31-21)9-11-7-12(22)18(26)13(23)8-11/h4-9,17,26H,3H2,1-2H3/b15-9-. The Labute approximate surface area is 202 Å². The Balaban J connectivity index is 1.94. The van der Waals surface area contributed by atoms with Gasteiger partial charge in [-0.05, 0) is 80.9 Å². The summed E-state index contributed by atoms with van der Waals surface area (Å²) in [6, 6.07) is 6.66. The number of fused-ring (bicyclic) bond motifs is 1. The van der Waals surface area contributed by atoms with Gasteiger partial charge in [-0.3, -0.25) is 9.36 Å². The van der Waals surface area contributed by atoms with E-state index in [4.69, 9.17) is 4.74 Å². The monoisotopic (exact) mass is 582 g/mol. The van der Waals surface area contributed by atoms with Crippen molar-refractivity contribution >= 4 is 66.6 Å². The smallest absolute Gasteiger partial charge is 0.338 e. The third-order valence-corrected chi connectivity index (χ3v) is 7.78. The van der Waals surface area contributed by atoms with Crippen molar-refractivity contribution in [2.45, 2.75) is 19.9 Å². The number of hydrogen-bond acceptors (Lipinski definition) is 7. The van der Waals surface area contributed by atoms with Gasteiger partial charge >= 0.3 is 5.97 Å². The van der Waals surface area contributed by atoms with E-state index in [0.717, 1.165) is 10.4 Å². The molecular weight excluding hydrogens is 568 g/mol. The summed E-state index contributed by atoms with van der Waals surface area (Å²) < 4.78 is 8.33. The van der Waals surface area contributed by atoms with E-state index in [9.17, 15) is 14.7 Å². The van der Waals surface area contributed by atoms with Crippen molar-refractivity contribution in [3.63, 3.8) is 0 Å². The van der Waals surface area contributed by atoms with E-state index >= 15 is 0 Å². The molecule has 2 aromatic heterocycles. The fourth-order valence-electron chi connectivity index (χ4n) is 3.33. The number of rotatable bonds is 4. The van der Waals surface area contributed by atoms with Crippen molar-refractivity contribution < 1.29 is 14.6 Å². The predicted octanol–water partition coefficient (Wildman–Crippen LogP) is 4.09. The molecule has 1 aliphatic heterocycles. The van der Waals surface area contributed by atoms with Gasteiger partial charge in [0.15, 0.2) is 4.80 Å². The maximum Gasteiger partial charge on any atom is 0.338 e. The van der Waals surface area contributed by atoms with Gasteiger partial charge in [0.25, 0.3) is 5.56 Å². The number of ether oxygens (including phenoxy) is 1. The summed E-state index contributed by atoms with van der Waals surface area (Å²) in [5.74, 6) is -0.381. The van der Waals surface area contributed by atoms with E-state index in [2.05, 4.69) is 36.9 Å². The zero-order valence-electron chi connectivity index (χ0n) is 16.4. The summed E-state index contributed by atoms with van der Waals surface area (Å²) in [7, 11) is 0. The van der Waals surface area contributed by atoms with Gasteiger partial charge in [0.05, 0.1) is 31.4 Å². The van der Waals surface area contributed by atoms with E-state index in [-0.39, 0.29) is 17.9 Å². The molecule has 1 N–H and O–H groups in total. The lowest BCUT2D eigenvalue weighted by molar-refractivity contribution is -0.139. The van der Waals surface area contributed by atoms with Crippen molar-refractivity contribution in [2.75, 3.05) is 6.61 Å². The molecule has 0 saturated carbocycles. The lowest BCUT2D eigenvalue weighted by Gasteiger charge is -2.23. The first-order valence-electron chi connectivity index (χ1n) is 9.23. The predicted molar refractivity (Wildman–Crippen MR) is 128 cm³/mol. The molecule has 1 atom stereocenters. The molecule has 3 heterocycles. The first-order chi connectivity index (χ1) is 14.8. The highest BCUT2D eigenvalue weighted by atomic mass is 79.9. The number of benzene rings is 1. The lowest BCUT2D eigenvalue weighted by Crippen LogP contribution is -2.39. The molecule has 31 heavy (non-hydrogen) atoms.